The summed E-state index contributed by atoms with van der Waals surface area (Å²) in [5.74, 6) is 1.68. The molecule has 5 nitrogen and oxygen atoms in total. The Balaban J connectivity index is 2.36. The first-order chi connectivity index (χ1) is 11.4. The second-order valence-electron chi connectivity index (χ2n) is 5.54. The predicted molar refractivity (Wildman–Crippen MR) is 97.2 cm³/mol. The van der Waals surface area contributed by atoms with E-state index in [0.29, 0.717) is 23.6 Å². The summed E-state index contributed by atoms with van der Waals surface area (Å²) < 4.78 is 11.4. The number of benzene rings is 2. The molecule has 0 saturated heterocycles. The van der Waals surface area contributed by atoms with Gasteiger partial charge in [-0.05, 0) is 50.7 Å². The number of nitrogens with zero attached hydrogens (tertiary/aromatic N) is 1. The molecule has 2 N–H and O–H groups in total. The van der Waals surface area contributed by atoms with E-state index in [9.17, 15) is 4.79 Å². The van der Waals surface area contributed by atoms with Crippen molar-refractivity contribution in [1.82, 2.24) is 4.90 Å². The highest BCUT2D eigenvalue weighted by Gasteiger charge is 2.12. The minimum atomic E-state index is -0.451. The minimum Gasteiger partial charge on any atom is -0.495 e. The quantitative estimate of drug-likeness (QED) is 0.779. The molecule has 0 bridgehead atoms. The fraction of sp³-hybridized carbons (Fsp3) is 0.278. The molecule has 0 saturated carbocycles. The van der Waals surface area contributed by atoms with E-state index < -0.39 is 5.91 Å². The van der Waals surface area contributed by atoms with Gasteiger partial charge in [-0.1, -0.05) is 0 Å². The van der Waals surface area contributed by atoms with Crippen molar-refractivity contribution < 1.29 is 14.3 Å². The zero-order valence-corrected chi connectivity index (χ0v) is 15.1. The summed E-state index contributed by atoms with van der Waals surface area (Å²) in [6.45, 7) is 0.635. The fourth-order valence-corrected chi connectivity index (χ4v) is 2.85. The van der Waals surface area contributed by atoms with Crippen LogP contribution in [0.2, 0.25) is 0 Å². The Morgan fingerprint density at radius 3 is 2.50 bits per heavy atom. The zero-order valence-electron chi connectivity index (χ0n) is 14.3. The summed E-state index contributed by atoms with van der Waals surface area (Å²) in [6, 6.07) is 10.9. The van der Waals surface area contributed by atoms with Crippen LogP contribution >= 0.6 is 11.8 Å². The van der Waals surface area contributed by atoms with Crippen LogP contribution in [0.5, 0.6) is 17.2 Å². The Hall–Kier alpha value is -2.18. The van der Waals surface area contributed by atoms with Gasteiger partial charge < -0.3 is 20.1 Å². The van der Waals surface area contributed by atoms with Gasteiger partial charge in [0.25, 0.3) is 0 Å². The van der Waals surface area contributed by atoms with Crippen molar-refractivity contribution in [2.24, 2.45) is 5.73 Å². The number of nitrogens with two attached hydrogens (primary N) is 1. The third-order valence-corrected chi connectivity index (χ3v) is 4.19. The van der Waals surface area contributed by atoms with Crippen LogP contribution in [0.25, 0.3) is 0 Å². The van der Waals surface area contributed by atoms with E-state index in [1.54, 1.807) is 37.1 Å². The molecular weight excluding hydrogens is 324 g/mol. The van der Waals surface area contributed by atoms with Crippen LogP contribution in [0.4, 0.5) is 0 Å². The lowest BCUT2D eigenvalue weighted by Crippen LogP contribution is -2.14. The van der Waals surface area contributed by atoms with E-state index >= 15 is 0 Å². The molecular formula is C18H22N2O3S. The second-order valence-corrected chi connectivity index (χ2v) is 6.39. The lowest BCUT2D eigenvalue weighted by Gasteiger charge is -2.16. The highest BCUT2D eigenvalue weighted by molar-refractivity contribution is 7.98. The molecule has 2 aromatic carbocycles. The first-order valence-corrected chi connectivity index (χ1v) is 8.64. The number of ether oxygens (including phenoxy) is 2. The molecule has 2 aromatic rings. The Morgan fingerprint density at radius 2 is 1.92 bits per heavy atom. The van der Waals surface area contributed by atoms with Crippen molar-refractivity contribution in [3.8, 4) is 17.2 Å². The molecule has 6 heteroatoms. The first-order valence-electron chi connectivity index (χ1n) is 7.42. The molecule has 128 valence electrons. The average Bonchev–Trinajstić information content (AvgIpc) is 2.55. The lowest BCUT2D eigenvalue weighted by molar-refractivity contribution is 0.1000. The maximum atomic E-state index is 11.4. The van der Waals surface area contributed by atoms with Crippen LogP contribution in [0, 0.1) is 0 Å². The highest BCUT2D eigenvalue weighted by atomic mass is 32.2. The Kier molecular flexibility index (Phi) is 6.11. The van der Waals surface area contributed by atoms with Crippen molar-refractivity contribution in [1.29, 1.82) is 0 Å². The van der Waals surface area contributed by atoms with Crippen LogP contribution in [0.1, 0.15) is 15.9 Å². The van der Waals surface area contributed by atoms with Gasteiger partial charge in [-0.3, -0.25) is 4.79 Å². The molecule has 24 heavy (non-hydrogen) atoms. The molecule has 0 aromatic heterocycles. The van der Waals surface area contributed by atoms with E-state index in [1.165, 1.54) is 0 Å². The number of carbonyl (C=O) groups is 1. The van der Waals surface area contributed by atoms with Gasteiger partial charge in [0.05, 0.1) is 7.11 Å². The molecule has 0 fully saturated rings. The number of hydrogen-bond donors (Lipinski definition) is 1. The molecule has 0 spiro atoms. The Bertz CT molecular complexity index is 732. The first kappa shape index (κ1) is 18.2. The van der Waals surface area contributed by atoms with Crippen LogP contribution in [0.15, 0.2) is 41.3 Å². The smallest absolute Gasteiger partial charge is 0.248 e. The normalized spacial score (nSPS) is 10.7. The van der Waals surface area contributed by atoms with Gasteiger partial charge in [0.1, 0.15) is 17.2 Å². The van der Waals surface area contributed by atoms with Gasteiger partial charge in [0.2, 0.25) is 5.91 Å². The molecule has 0 aliphatic rings. The Morgan fingerprint density at radius 1 is 1.17 bits per heavy atom. The summed E-state index contributed by atoms with van der Waals surface area (Å²) in [5.41, 5.74) is 6.73. The van der Waals surface area contributed by atoms with Crippen molar-refractivity contribution in [3.63, 3.8) is 0 Å². The molecule has 2 rings (SSSR count). The largest absolute Gasteiger partial charge is 0.495 e. The molecule has 0 atom stereocenters. The highest BCUT2D eigenvalue weighted by Crippen LogP contribution is 2.34. The summed E-state index contributed by atoms with van der Waals surface area (Å²) in [5, 5.41) is 0. The van der Waals surface area contributed by atoms with Gasteiger partial charge in [0, 0.05) is 28.6 Å². The van der Waals surface area contributed by atoms with E-state index in [1.807, 2.05) is 43.5 Å². The topological polar surface area (TPSA) is 64.8 Å². The molecule has 0 unspecified atom stereocenters. The summed E-state index contributed by atoms with van der Waals surface area (Å²) in [6.07, 6.45) is 2.00. The average molecular weight is 346 g/mol. The van der Waals surface area contributed by atoms with Crippen molar-refractivity contribution in [2.75, 3.05) is 27.5 Å². The third-order valence-electron chi connectivity index (χ3n) is 3.41. The number of primary amides is 1. The standard InChI is InChI=1S/C18H22N2O3S/c1-20(2)11-13-9-12(18(19)21)5-7-15(13)23-14-6-8-17(24-4)16(10-14)22-3/h5-10H,11H2,1-4H3,(H2,19,21). The van der Waals surface area contributed by atoms with E-state index in [-0.39, 0.29) is 0 Å². The molecule has 0 aliphatic carbocycles. The van der Waals surface area contributed by atoms with Crippen LogP contribution in [-0.2, 0) is 6.54 Å². The second kappa shape index (κ2) is 8.08. The van der Waals surface area contributed by atoms with Gasteiger partial charge in [-0.15, -0.1) is 11.8 Å². The molecule has 0 heterocycles. The third kappa shape index (κ3) is 4.43. The number of rotatable bonds is 7. The van der Waals surface area contributed by atoms with Gasteiger partial charge in [-0.25, -0.2) is 0 Å². The number of amides is 1. The molecule has 1 amide bonds. The van der Waals surface area contributed by atoms with Crippen LogP contribution in [-0.4, -0.2) is 38.3 Å². The van der Waals surface area contributed by atoms with Crippen LogP contribution < -0.4 is 15.2 Å². The van der Waals surface area contributed by atoms with Crippen LogP contribution in [0.3, 0.4) is 0 Å². The van der Waals surface area contributed by atoms with E-state index in [2.05, 4.69) is 0 Å². The number of carbonyl (C=O) groups excluding carboxylic acids is 1. The van der Waals surface area contributed by atoms with Crippen molar-refractivity contribution in [2.45, 2.75) is 11.4 Å². The maximum absolute atomic E-state index is 11.4. The lowest BCUT2D eigenvalue weighted by atomic mass is 10.1. The van der Waals surface area contributed by atoms with Crippen molar-refractivity contribution in [3.05, 3.63) is 47.5 Å². The van der Waals surface area contributed by atoms with Gasteiger partial charge in [-0.2, -0.15) is 0 Å². The molecule has 0 aliphatic heterocycles. The number of thioether (sulfide) groups is 1. The van der Waals surface area contributed by atoms with E-state index in [4.69, 9.17) is 15.2 Å². The maximum Gasteiger partial charge on any atom is 0.248 e. The number of methoxy groups -OCH3 is 1. The van der Waals surface area contributed by atoms with E-state index in [0.717, 1.165) is 16.2 Å². The van der Waals surface area contributed by atoms with Crippen molar-refractivity contribution >= 4 is 17.7 Å². The summed E-state index contributed by atoms with van der Waals surface area (Å²) in [7, 11) is 5.55. The summed E-state index contributed by atoms with van der Waals surface area (Å²) >= 11 is 1.61. The molecule has 0 radical (unpaired) electrons. The SMILES string of the molecule is COc1cc(Oc2ccc(C(N)=O)cc2CN(C)C)ccc1SC. The number of hydrogen-bond acceptors (Lipinski definition) is 5. The van der Waals surface area contributed by atoms with Gasteiger partial charge >= 0.3 is 0 Å². The fourth-order valence-electron chi connectivity index (χ4n) is 2.30. The Labute approximate surface area is 146 Å². The monoisotopic (exact) mass is 346 g/mol. The minimum absolute atomic E-state index is 0.451. The zero-order chi connectivity index (χ0) is 17.7. The van der Waals surface area contributed by atoms with Gasteiger partial charge in [0.15, 0.2) is 0 Å². The summed E-state index contributed by atoms with van der Waals surface area (Å²) in [4.78, 5) is 14.5. The predicted octanol–water partition coefficient (Wildman–Crippen LogP) is 3.37.